The highest BCUT2D eigenvalue weighted by atomic mass is 15.5. The molecular weight excluding hydrogens is 414 g/mol. The first-order valence-electron chi connectivity index (χ1n) is 12.3. The van der Waals surface area contributed by atoms with Gasteiger partial charge in [-0.3, -0.25) is 0 Å². The molecule has 0 aliphatic carbocycles. The summed E-state index contributed by atoms with van der Waals surface area (Å²) in [5, 5.41) is 9.49. The van der Waals surface area contributed by atoms with Gasteiger partial charge < -0.3 is 4.57 Å². The van der Waals surface area contributed by atoms with Gasteiger partial charge in [0, 0.05) is 28.4 Å². The lowest BCUT2D eigenvalue weighted by Gasteiger charge is -2.19. The number of aromatic nitrogens is 1. The topological polar surface area (TPSA) is 20.5 Å². The molecule has 0 saturated heterocycles. The molecule has 0 saturated carbocycles. The minimum absolute atomic E-state index is 1.04. The van der Waals surface area contributed by atoms with Crippen LogP contribution in [0.25, 0.3) is 21.8 Å². The SMILES string of the molecule is CCCCCCn1c2ccccc2c2cc(C=NN(c3ccccc3)c3ccccc3)ccc21. The molecule has 5 aromatic rings. The van der Waals surface area contributed by atoms with Crippen LogP contribution in [-0.2, 0) is 6.54 Å². The molecule has 3 heteroatoms. The van der Waals surface area contributed by atoms with E-state index in [0.29, 0.717) is 0 Å². The van der Waals surface area contributed by atoms with Crippen molar-refractivity contribution in [3.05, 3.63) is 109 Å². The average molecular weight is 446 g/mol. The second-order valence-corrected chi connectivity index (χ2v) is 8.73. The summed E-state index contributed by atoms with van der Waals surface area (Å²) in [7, 11) is 0. The lowest BCUT2D eigenvalue weighted by atomic mass is 10.1. The van der Waals surface area contributed by atoms with Crippen LogP contribution in [0.15, 0.2) is 108 Å². The number of fused-ring (bicyclic) bond motifs is 3. The van der Waals surface area contributed by atoms with Gasteiger partial charge in [-0.15, -0.1) is 0 Å². The van der Waals surface area contributed by atoms with Crippen LogP contribution in [0, 0.1) is 0 Å². The van der Waals surface area contributed by atoms with E-state index in [0.717, 1.165) is 23.5 Å². The number of hydrazone groups is 1. The third-order valence-electron chi connectivity index (χ3n) is 6.36. The summed E-state index contributed by atoms with van der Waals surface area (Å²) in [4.78, 5) is 0. The predicted octanol–water partition coefficient (Wildman–Crippen LogP) is 8.55. The Morgan fingerprint density at radius 2 is 1.32 bits per heavy atom. The van der Waals surface area contributed by atoms with Gasteiger partial charge in [-0.25, -0.2) is 5.01 Å². The van der Waals surface area contributed by atoms with Gasteiger partial charge in [0.15, 0.2) is 0 Å². The standard InChI is InChI=1S/C31H31N3/c1-2-3-4-13-22-33-30-19-12-11-18-28(30)29-23-25(20-21-31(29)33)24-32-34(26-14-7-5-8-15-26)27-16-9-6-10-17-27/h5-12,14-21,23-24H,2-4,13,22H2,1H3. The Morgan fingerprint density at radius 3 is 2.03 bits per heavy atom. The molecule has 0 fully saturated rings. The zero-order chi connectivity index (χ0) is 23.2. The molecule has 0 atom stereocenters. The van der Waals surface area contributed by atoms with Crippen LogP contribution in [-0.4, -0.2) is 10.8 Å². The molecule has 0 N–H and O–H groups in total. The monoisotopic (exact) mass is 445 g/mol. The van der Waals surface area contributed by atoms with Crippen molar-refractivity contribution in [2.75, 3.05) is 5.01 Å². The first-order chi connectivity index (χ1) is 16.8. The molecule has 0 aliphatic heterocycles. The molecule has 0 amide bonds. The predicted molar refractivity (Wildman–Crippen MR) is 146 cm³/mol. The second kappa shape index (κ2) is 10.4. The Kier molecular flexibility index (Phi) is 6.71. The van der Waals surface area contributed by atoms with Gasteiger partial charge in [-0.2, -0.15) is 5.10 Å². The lowest BCUT2D eigenvalue weighted by Crippen LogP contribution is -2.09. The van der Waals surface area contributed by atoms with E-state index in [1.54, 1.807) is 0 Å². The first-order valence-corrected chi connectivity index (χ1v) is 12.3. The van der Waals surface area contributed by atoms with Crippen LogP contribution in [0.4, 0.5) is 11.4 Å². The molecule has 0 aliphatic rings. The quantitative estimate of drug-likeness (QED) is 0.126. The molecule has 5 rings (SSSR count). The molecule has 4 aromatic carbocycles. The fraction of sp³-hybridized carbons (Fsp3) is 0.194. The number of hydrogen-bond acceptors (Lipinski definition) is 2. The Morgan fingerprint density at radius 1 is 0.676 bits per heavy atom. The molecule has 0 unspecified atom stereocenters. The van der Waals surface area contributed by atoms with Crippen molar-refractivity contribution in [3.8, 4) is 0 Å². The average Bonchev–Trinajstić information content (AvgIpc) is 3.21. The number of benzene rings is 4. The van der Waals surface area contributed by atoms with E-state index in [-0.39, 0.29) is 0 Å². The molecule has 34 heavy (non-hydrogen) atoms. The van der Waals surface area contributed by atoms with E-state index < -0.39 is 0 Å². The Balaban J connectivity index is 1.51. The molecule has 1 aromatic heterocycles. The van der Waals surface area contributed by atoms with Crippen LogP contribution in [0.5, 0.6) is 0 Å². The van der Waals surface area contributed by atoms with Crippen LogP contribution in [0.1, 0.15) is 38.2 Å². The highest BCUT2D eigenvalue weighted by molar-refractivity contribution is 6.09. The number of aryl methyl sites for hydroxylation is 1. The van der Waals surface area contributed by atoms with Crippen molar-refractivity contribution in [2.45, 2.75) is 39.2 Å². The molecule has 0 spiro atoms. The lowest BCUT2D eigenvalue weighted by molar-refractivity contribution is 0.602. The van der Waals surface area contributed by atoms with Crippen LogP contribution < -0.4 is 5.01 Å². The van der Waals surface area contributed by atoms with Crippen LogP contribution >= 0.6 is 0 Å². The summed E-state index contributed by atoms with van der Waals surface area (Å²) < 4.78 is 2.49. The molecule has 0 bridgehead atoms. The fourth-order valence-electron chi connectivity index (χ4n) is 4.63. The van der Waals surface area contributed by atoms with Gasteiger partial charge in [0.2, 0.25) is 0 Å². The maximum absolute atomic E-state index is 4.90. The zero-order valence-electron chi connectivity index (χ0n) is 19.8. The van der Waals surface area contributed by atoms with Crippen molar-refractivity contribution in [2.24, 2.45) is 5.10 Å². The van der Waals surface area contributed by atoms with Gasteiger partial charge in [-0.05, 0) is 54.4 Å². The van der Waals surface area contributed by atoms with E-state index >= 15 is 0 Å². The molecule has 170 valence electrons. The summed E-state index contributed by atoms with van der Waals surface area (Å²) in [6.45, 7) is 3.33. The largest absolute Gasteiger partial charge is 0.340 e. The van der Waals surface area contributed by atoms with Crippen LogP contribution in [0.2, 0.25) is 0 Å². The van der Waals surface area contributed by atoms with Gasteiger partial charge in [0.25, 0.3) is 0 Å². The number of unbranched alkanes of at least 4 members (excludes halogenated alkanes) is 3. The zero-order valence-corrected chi connectivity index (χ0v) is 19.8. The van der Waals surface area contributed by atoms with Crippen molar-refractivity contribution in [3.63, 3.8) is 0 Å². The maximum atomic E-state index is 4.90. The van der Waals surface area contributed by atoms with E-state index in [9.17, 15) is 0 Å². The van der Waals surface area contributed by atoms with Crippen molar-refractivity contribution < 1.29 is 0 Å². The minimum Gasteiger partial charge on any atom is -0.340 e. The number of hydrogen-bond donors (Lipinski definition) is 0. The third-order valence-corrected chi connectivity index (χ3v) is 6.36. The molecular formula is C31H31N3. The van der Waals surface area contributed by atoms with E-state index in [4.69, 9.17) is 5.10 Å². The van der Waals surface area contributed by atoms with E-state index in [2.05, 4.69) is 78.2 Å². The molecule has 1 heterocycles. The smallest absolute Gasteiger partial charge is 0.0652 e. The summed E-state index contributed by atoms with van der Waals surface area (Å²) >= 11 is 0. The number of nitrogens with zero attached hydrogens (tertiary/aromatic N) is 3. The first kappa shape index (κ1) is 22.0. The number of anilines is 2. The summed E-state index contributed by atoms with van der Waals surface area (Å²) in [6.07, 6.45) is 7.03. The summed E-state index contributed by atoms with van der Waals surface area (Å²) in [5.74, 6) is 0. The maximum Gasteiger partial charge on any atom is 0.0652 e. The minimum atomic E-state index is 1.04. The Labute approximate surface area is 202 Å². The summed E-state index contributed by atoms with van der Waals surface area (Å²) in [6, 6.07) is 36.0. The van der Waals surface area contributed by atoms with Gasteiger partial charge in [0.1, 0.15) is 0 Å². The third kappa shape index (κ3) is 4.60. The van der Waals surface area contributed by atoms with Crippen molar-refractivity contribution >= 4 is 39.4 Å². The van der Waals surface area contributed by atoms with Gasteiger partial charge in [-0.1, -0.05) is 86.8 Å². The van der Waals surface area contributed by atoms with Crippen LogP contribution in [0.3, 0.4) is 0 Å². The van der Waals surface area contributed by atoms with E-state index in [1.165, 1.54) is 47.5 Å². The number of para-hydroxylation sites is 3. The second-order valence-electron chi connectivity index (χ2n) is 8.73. The molecule has 3 nitrogen and oxygen atoms in total. The van der Waals surface area contributed by atoms with Gasteiger partial charge >= 0.3 is 0 Å². The van der Waals surface area contributed by atoms with Crippen molar-refractivity contribution in [1.29, 1.82) is 0 Å². The fourth-order valence-corrected chi connectivity index (χ4v) is 4.63. The van der Waals surface area contributed by atoms with Crippen molar-refractivity contribution in [1.82, 2.24) is 4.57 Å². The Bertz CT molecular complexity index is 1340. The Hall–Kier alpha value is -3.85. The number of rotatable bonds is 9. The highest BCUT2D eigenvalue weighted by Crippen LogP contribution is 2.30. The van der Waals surface area contributed by atoms with Gasteiger partial charge in [0.05, 0.1) is 17.6 Å². The van der Waals surface area contributed by atoms with E-state index in [1.807, 2.05) is 47.6 Å². The normalized spacial score (nSPS) is 11.6. The molecule has 0 radical (unpaired) electrons. The summed E-state index contributed by atoms with van der Waals surface area (Å²) in [5.41, 5.74) is 5.79. The highest BCUT2D eigenvalue weighted by Gasteiger charge is 2.11.